The third kappa shape index (κ3) is 4.67. The zero-order valence-corrected chi connectivity index (χ0v) is 15.7. The second-order valence-electron chi connectivity index (χ2n) is 6.88. The van der Waals surface area contributed by atoms with E-state index >= 15 is 0 Å². The van der Waals surface area contributed by atoms with Crippen molar-refractivity contribution in [2.24, 2.45) is 0 Å². The van der Waals surface area contributed by atoms with Crippen LogP contribution in [-0.2, 0) is 13.8 Å². The van der Waals surface area contributed by atoms with Crippen LogP contribution in [0.5, 0.6) is 0 Å². The summed E-state index contributed by atoms with van der Waals surface area (Å²) in [7, 11) is 0.0398. The molecule has 4 nitrogen and oxygen atoms in total. The van der Waals surface area contributed by atoms with Gasteiger partial charge >= 0.3 is 6.84 Å². The van der Waals surface area contributed by atoms with Gasteiger partial charge in [-0.1, -0.05) is 13.8 Å². The summed E-state index contributed by atoms with van der Waals surface area (Å²) in [5.41, 5.74) is -2.24. The molecule has 0 aromatic carbocycles. The first kappa shape index (κ1) is 20.3. The van der Waals surface area contributed by atoms with Crippen LogP contribution < -0.4 is 0 Å². The molecular weight excluding hydrogens is 274 g/mol. The van der Waals surface area contributed by atoms with Gasteiger partial charge in [0, 0.05) is 8.69 Å². The SMILES string of the molecule is CC.CC(C)(O)C(C)(C)OPB1OC(C)(C)C(C)(C)O1. The Morgan fingerprint density at radius 1 is 0.950 bits per heavy atom. The van der Waals surface area contributed by atoms with Crippen molar-refractivity contribution in [1.82, 2.24) is 0 Å². The van der Waals surface area contributed by atoms with Crippen molar-refractivity contribution in [3.05, 3.63) is 0 Å². The number of hydrogen-bond acceptors (Lipinski definition) is 4. The van der Waals surface area contributed by atoms with Crippen LogP contribution in [0.25, 0.3) is 0 Å². The van der Waals surface area contributed by atoms with E-state index in [1.165, 1.54) is 0 Å². The molecule has 0 spiro atoms. The molecule has 120 valence electrons. The summed E-state index contributed by atoms with van der Waals surface area (Å²) in [6.07, 6.45) is 0. The lowest BCUT2D eigenvalue weighted by Crippen LogP contribution is -2.46. The largest absolute Gasteiger partial charge is 0.512 e. The van der Waals surface area contributed by atoms with Gasteiger partial charge in [-0.2, -0.15) is 0 Å². The normalized spacial score (nSPS) is 22.1. The predicted molar refractivity (Wildman–Crippen MR) is 87.2 cm³/mol. The fourth-order valence-electron chi connectivity index (χ4n) is 1.21. The van der Waals surface area contributed by atoms with Crippen LogP contribution in [0.4, 0.5) is 0 Å². The number of rotatable bonds is 4. The van der Waals surface area contributed by atoms with Crippen molar-refractivity contribution in [3.8, 4) is 0 Å². The monoisotopic (exact) mass is 306 g/mol. The lowest BCUT2D eigenvalue weighted by molar-refractivity contribution is -0.0834. The summed E-state index contributed by atoms with van der Waals surface area (Å²) in [5, 5.41) is 10.0. The average Bonchev–Trinajstić information content (AvgIpc) is 2.46. The molecular formula is C14H32BO4P. The highest BCUT2D eigenvalue weighted by molar-refractivity contribution is 7.69. The van der Waals surface area contributed by atoms with Crippen LogP contribution in [0.15, 0.2) is 0 Å². The van der Waals surface area contributed by atoms with E-state index in [4.69, 9.17) is 13.8 Å². The van der Waals surface area contributed by atoms with E-state index in [0.29, 0.717) is 0 Å². The second kappa shape index (κ2) is 6.62. The Morgan fingerprint density at radius 2 is 1.30 bits per heavy atom. The zero-order valence-electron chi connectivity index (χ0n) is 14.7. The highest BCUT2D eigenvalue weighted by atomic mass is 31.1. The highest BCUT2D eigenvalue weighted by Crippen LogP contribution is 2.44. The van der Waals surface area contributed by atoms with Crippen molar-refractivity contribution < 1.29 is 18.9 Å². The zero-order chi connectivity index (χ0) is 16.4. The van der Waals surface area contributed by atoms with Crippen LogP contribution >= 0.6 is 8.69 Å². The number of aliphatic hydroxyl groups is 1. The molecule has 6 heteroatoms. The van der Waals surface area contributed by atoms with Crippen molar-refractivity contribution in [3.63, 3.8) is 0 Å². The minimum absolute atomic E-state index is 0.0398. The molecule has 20 heavy (non-hydrogen) atoms. The maximum Gasteiger partial charge on any atom is 0.512 e. The first-order valence-electron chi connectivity index (χ1n) is 7.30. The summed E-state index contributed by atoms with van der Waals surface area (Å²) >= 11 is 0. The quantitative estimate of drug-likeness (QED) is 0.634. The Morgan fingerprint density at radius 3 is 1.60 bits per heavy atom. The Bertz CT molecular complexity index is 295. The smallest absolute Gasteiger partial charge is 0.398 e. The third-order valence-electron chi connectivity index (χ3n) is 4.14. The van der Waals surface area contributed by atoms with E-state index in [0.717, 1.165) is 0 Å². The topological polar surface area (TPSA) is 47.9 Å². The van der Waals surface area contributed by atoms with E-state index in [1.807, 2.05) is 55.4 Å². The van der Waals surface area contributed by atoms with Crippen molar-refractivity contribution in [2.75, 3.05) is 0 Å². The standard InChI is InChI=1S/C12H26BO4P.C2H6/c1-9(2,14)10(3,4)17-18-13-15-11(5,6)12(7,8)16-13;1-2/h14,18H,1-8H3;1-2H3. The Kier molecular flexibility index (Phi) is 6.73. The maximum atomic E-state index is 10.0. The van der Waals surface area contributed by atoms with Gasteiger partial charge in [0.25, 0.3) is 0 Å². The molecule has 1 rings (SSSR count). The molecule has 1 unspecified atom stereocenters. The average molecular weight is 306 g/mol. The van der Waals surface area contributed by atoms with Gasteiger partial charge in [-0.3, -0.25) is 0 Å². The van der Waals surface area contributed by atoms with Crippen LogP contribution in [0.2, 0.25) is 0 Å². The van der Waals surface area contributed by atoms with Crippen molar-refractivity contribution >= 4 is 15.5 Å². The fourth-order valence-corrected chi connectivity index (χ4v) is 2.54. The summed E-state index contributed by atoms with van der Waals surface area (Å²) in [5.74, 6) is 0. The van der Waals surface area contributed by atoms with Crippen molar-refractivity contribution in [2.45, 2.75) is 91.6 Å². The second-order valence-corrected chi connectivity index (χ2v) is 7.79. The fraction of sp³-hybridized carbons (Fsp3) is 1.00. The van der Waals surface area contributed by atoms with Crippen LogP contribution in [-0.4, -0.2) is 34.3 Å². The molecule has 0 aliphatic carbocycles. The lowest BCUT2D eigenvalue weighted by Gasteiger charge is -2.37. The van der Waals surface area contributed by atoms with Gasteiger partial charge in [0.05, 0.1) is 22.4 Å². The molecule has 1 heterocycles. The molecule has 1 atom stereocenters. The summed E-state index contributed by atoms with van der Waals surface area (Å²) < 4.78 is 17.5. The lowest BCUT2D eigenvalue weighted by atomic mass is 9.90. The summed E-state index contributed by atoms with van der Waals surface area (Å²) in [6, 6.07) is 0. The Labute approximate surface area is 126 Å². The third-order valence-corrected chi connectivity index (χ3v) is 5.19. The van der Waals surface area contributed by atoms with E-state index in [9.17, 15) is 5.11 Å². The number of hydrogen-bond donors (Lipinski definition) is 1. The Hall–Kier alpha value is 0.335. The van der Waals surface area contributed by atoms with Crippen LogP contribution in [0.3, 0.4) is 0 Å². The summed E-state index contributed by atoms with van der Waals surface area (Å²) in [4.78, 5) is 0. The van der Waals surface area contributed by atoms with E-state index in [-0.39, 0.29) is 26.7 Å². The highest BCUT2D eigenvalue weighted by Gasteiger charge is 2.52. The van der Waals surface area contributed by atoms with Gasteiger partial charge in [-0.25, -0.2) is 0 Å². The van der Waals surface area contributed by atoms with Gasteiger partial charge in [0.2, 0.25) is 0 Å². The van der Waals surface area contributed by atoms with Gasteiger partial charge < -0.3 is 18.9 Å². The molecule has 1 saturated heterocycles. The van der Waals surface area contributed by atoms with Gasteiger partial charge in [0.15, 0.2) is 0 Å². The molecule has 0 radical (unpaired) electrons. The molecule has 0 bridgehead atoms. The maximum absolute atomic E-state index is 10.0. The molecule has 0 aromatic heterocycles. The molecule has 1 N–H and O–H groups in total. The molecule has 0 aromatic rings. The first-order chi connectivity index (χ1) is 8.79. The van der Waals surface area contributed by atoms with Crippen LogP contribution in [0.1, 0.15) is 69.2 Å². The molecule has 0 amide bonds. The van der Waals surface area contributed by atoms with Crippen molar-refractivity contribution in [1.29, 1.82) is 0 Å². The van der Waals surface area contributed by atoms with Gasteiger partial charge in [-0.05, 0) is 55.4 Å². The summed E-state index contributed by atoms with van der Waals surface area (Å²) in [6.45, 7) is 18.9. The molecule has 1 aliphatic rings. The predicted octanol–water partition coefficient (Wildman–Crippen LogP) is 3.76. The van der Waals surface area contributed by atoms with Crippen LogP contribution in [0, 0.1) is 0 Å². The molecule has 0 saturated carbocycles. The molecule has 1 aliphatic heterocycles. The van der Waals surface area contributed by atoms with E-state index in [1.54, 1.807) is 13.8 Å². The van der Waals surface area contributed by atoms with E-state index < -0.39 is 11.2 Å². The van der Waals surface area contributed by atoms with Gasteiger partial charge in [-0.15, -0.1) is 0 Å². The van der Waals surface area contributed by atoms with E-state index in [2.05, 4.69) is 0 Å². The molecule has 1 fully saturated rings. The Balaban J connectivity index is 0.00000172. The minimum atomic E-state index is -0.913. The first-order valence-corrected chi connectivity index (χ1v) is 8.29. The van der Waals surface area contributed by atoms with Gasteiger partial charge in [0.1, 0.15) is 0 Å². The minimum Gasteiger partial charge on any atom is -0.398 e.